The van der Waals surface area contributed by atoms with Crippen LogP contribution in [0.1, 0.15) is 43.5 Å². The maximum Gasteiger partial charge on any atom is 0.0540 e. The molecule has 5 heteroatoms. The van der Waals surface area contributed by atoms with Crippen molar-refractivity contribution in [3.63, 3.8) is 0 Å². The van der Waals surface area contributed by atoms with Gasteiger partial charge in [-0.3, -0.25) is 14.5 Å². The molecule has 3 rings (SSSR count). The summed E-state index contributed by atoms with van der Waals surface area (Å²) in [5.41, 5.74) is 8.69. The molecule has 0 bridgehead atoms. The SMILES string of the molecule is Cc1c(C(CN)N2CC3CCCCN3CC2C)cnn1C. The van der Waals surface area contributed by atoms with E-state index in [1.807, 2.05) is 17.9 Å². The fraction of sp³-hybridized carbons (Fsp3) is 0.812. The molecule has 0 spiro atoms. The molecule has 1 aromatic rings. The summed E-state index contributed by atoms with van der Waals surface area (Å²) in [6, 6.07) is 1.59. The lowest BCUT2D eigenvalue weighted by Crippen LogP contribution is -2.60. The molecule has 5 nitrogen and oxygen atoms in total. The number of rotatable bonds is 3. The van der Waals surface area contributed by atoms with Crippen LogP contribution in [0.2, 0.25) is 0 Å². The van der Waals surface area contributed by atoms with Gasteiger partial charge in [0.2, 0.25) is 0 Å². The van der Waals surface area contributed by atoms with E-state index < -0.39 is 0 Å². The minimum Gasteiger partial charge on any atom is -0.329 e. The number of nitrogens with zero attached hydrogens (tertiary/aromatic N) is 4. The molecule has 3 heterocycles. The van der Waals surface area contributed by atoms with Gasteiger partial charge >= 0.3 is 0 Å². The molecule has 2 aliphatic rings. The lowest BCUT2D eigenvalue weighted by Gasteiger charge is -2.50. The van der Waals surface area contributed by atoms with Crippen LogP contribution in [-0.4, -0.2) is 57.8 Å². The second-order valence-electron chi connectivity index (χ2n) is 6.75. The maximum atomic E-state index is 6.15. The lowest BCUT2D eigenvalue weighted by atomic mass is 9.94. The number of hydrogen-bond acceptors (Lipinski definition) is 4. The van der Waals surface area contributed by atoms with Gasteiger partial charge in [-0.05, 0) is 33.2 Å². The van der Waals surface area contributed by atoms with Gasteiger partial charge in [-0.25, -0.2) is 0 Å². The van der Waals surface area contributed by atoms with E-state index in [0.717, 1.165) is 12.6 Å². The topological polar surface area (TPSA) is 50.3 Å². The van der Waals surface area contributed by atoms with Crippen molar-refractivity contribution in [1.29, 1.82) is 0 Å². The van der Waals surface area contributed by atoms with E-state index in [0.29, 0.717) is 18.6 Å². The normalized spacial score (nSPS) is 29.3. The Balaban J connectivity index is 1.81. The molecule has 2 fully saturated rings. The molecule has 118 valence electrons. The molecular weight excluding hydrogens is 262 g/mol. The number of piperazine rings is 1. The predicted octanol–water partition coefficient (Wildman–Crippen LogP) is 1.29. The number of piperidine rings is 1. The number of nitrogens with two attached hydrogens (primary N) is 1. The molecule has 0 saturated carbocycles. The van der Waals surface area contributed by atoms with E-state index in [-0.39, 0.29) is 0 Å². The zero-order chi connectivity index (χ0) is 15.0. The molecule has 3 atom stereocenters. The van der Waals surface area contributed by atoms with Crippen LogP contribution < -0.4 is 5.73 Å². The molecule has 0 aromatic carbocycles. The molecule has 0 aliphatic carbocycles. The van der Waals surface area contributed by atoms with E-state index in [4.69, 9.17) is 5.73 Å². The summed E-state index contributed by atoms with van der Waals surface area (Å²) in [4.78, 5) is 5.31. The quantitative estimate of drug-likeness (QED) is 0.911. The standard InChI is InChI=1S/C16H29N5/c1-12-10-20-7-5-4-6-14(20)11-21(12)16(8-17)15-9-18-19(3)13(15)2/h9,12,14,16H,4-8,10-11,17H2,1-3H3. The van der Waals surface area contributed by atoms with Crippen LogP contribution in [0.15, 0.2) is 6.20 Å². The van der Waals surface area contributed by atoms with Crippen LogP contribution in [0.5, 0.6) is 0 Å². The molecule has 1 aromatic heterocycles. The van der Waals surface area contributed by atoms with Gasteiger partial charge in [0.05, 0.1) is 12.2 Å². The average molecular weight is 291 g/mol. The first-order chi connectivity index (χ1) is 10.1. The van der Waals surface area contributed by atoms with E-state index in [2.05, 4.69) is 28.7 Å². The third kappa shape index (κ3) is 2.74. The molecule has 3 unspecified atom stereocenters. The summed E-state index contributed by atoms with van der Waals surface area (Å²) in [5.74, 6) is 0. The van der Waals surface area contributed by atoms with Crippen molar-refractivity contribution in [3.05, 3.63) is 17.5 Å². The van der Waals surface area contributed by atoms with Crippen LogP contribution in [-0.2, 0) is 7.05 Å². The summed E-state index contributed by atoms with van der Waals surface area (Å²) in [7, 11) is 2.01. The Morgan fingerprint density at radius 1 is 1.38 bits per heavy atom. The number of aromatic nitrogens is 2. The lowest BCUT2D eigenvalue weighted by molar-refractivity contribution is -0.00680. The molecule has 21 heavy (non-hydrogen) atoms. The minimum absolute atomic E-state index is 0.303. The third-order valence-electron chi connectivity index (χ3n) is 5.49. The summed E-state index contributed by atoms with van der Waals surface area (Å²) < 4.78 is 1.96. The van der Waals surface area contributed by atoms with E-state index in [1.165, 1.54) is 43.6 Å². The predicted molar refractivity (Wildman–Crippen MR) is 85.1 cm³/mol. The van der Waals surface area contributed by atoms with Crippen LogP contribution in [0.25, 0.3) is 0 Å². The highest BCUT2D eigenvalue weighted by Crippen LogP contribution is 2.31. The van der Waals surface area contributed by atoms with Crippen LogP contribution in [0.4, 0.5) is 0 Å². The third-order valence-corrected chi connectivity index (χ3v) is 5.49. The fourth-order valence-electron chi connectivity index (χ4n) is 4.09. The Hall–Kier alpha value is -0.910. The van der Waals surface area contributed by atoms with Gasteiger partial charge in [0.1, 0.15) is 0 Å². The Bertz CT molecular complexity index is 483. The first-order valence-corrected chi connectivity index (χ1v) is 8.30. The summed E-state index contributed by atoms with van der Waals surface area (Å²) in [6.45, 7) is 8.77. The average Bonchev–Trinajstić information content (AvgIpc) is 2.81. The highest BCUT2D eigenvalue weighted by Gasteiger charge is 2.36. The zero-order valence-corrected chi connectivity index (χ0v) is 13.6. The molecule has 2 saturated heterocycles. The molecule has 2 aliphatic heterocycles. The highest BCUT2D eigenvalue weighted by molar-refractivity contribution is 5.21. The molecule has 0 radical (unpaired) electrons. The van der Waals surface area contributed by atoms with Crippen molar-refractivity contribution in [2.24, 2.45) is 12.8 Å². The Kier molecular flexibility index (Phi) is 4.33. The van der Waals surface area contributed by atoms with Gasteiger partial charge < -0.3 is 5.73 Å². The Morgan fingerprint density at radius 2 is 2.19 bits per heavy atom. The van der Waals surface area contributed by atoms with Gasteiger partial charge in [-0.15, -0.1) is 0 Å². The largest absolute Gasteiger partial charge is 0.329 e. The molecule has 2 N–H and O–H groups in total. The zero-order valence-electron chi connectivity index (χ0n) is 13.6. The van der Waals surface area contributed by atoms with Gasteiger partial charge in [0.15, 0.2) is 0 Å². The summed E-state index contributed by atoms with van der Waals surface area (Å²) in [6.07, 6.45) is 6.09. The van der Waals surface area contributed by atoms with Crippen molar-refractivity contribution >= 4 is 0 Å². The Labute approximate surface area is 128 Å². The van der Waals surface area contributed by atoms with Crippen LogP contribution >= 0.6 is 0 Å². The first-order valence-electron chi connectivity index (χ1n) is 8.30. The van der Waals surface area contributed by atoms with E-state index in [1.54, 1.807) is 0 Å². The van der Waals surface area contributed by atoms with Gasteiger partial charge in [0, 0.05) is 50.0 Å². The highest BCUT2D eigenvalue weighted by atomic mass is 15.3. The number of fused-ring (bicyclic) bond motifs is 1. The Morgan fingerprint density at radius 3 is 2.86 bits per heavy atom. The van der Waals surface area contributed by atoms with Crippen molar-refractivity contribution in [1.82, 2.24) is 19.6 Å². The van der Waals surface area contributed by atoms with Crippen molar-refractivity contribution in [2.45, 2.75) is 51.2 Å². The van der Waals surface area contributed by atoms with Gasteiger partial charge in [-0.1, -0.05) is 6.42 Å². The van der Waals surface area contributed by atoms with Gasteiger partial charge in [-0.2, -0.15) is 5.10 Å². The van der Waals surface area contributed by atoms with Crippen molar-refractivity contribution < 1.29 is 0 Å². The number of aryl methyl sites for hydroxylation is 1. The maximum absolute atomic E-state index is 6.15. The van der Waals surface area contributed by atoms with Crippen molar-refractivity contribution in [3.8, 4) is 0 Å². The fourth-order valence-corrected chi connectivity index (χ4v) is 4.09. The second-order valence-corrected chi connectivity index (χ2v) is 6.75. The number of hydrogen-bond donors (Lipinski definition) is 1. The smallest absolute Gasteiger partial charge is 0.0540 e. The van der Waals surface area contributed by atoms with Crippen LogP contribution in [0, 0.1) is 6.92 Å². The van der Waals surface area contributed by atoms with Crippen LogP contribution in [0.3, 0.4) is 0 Å². The monoisotopic (exact) mass is 291 g/mol. The first kappa shape index (κ1) is 15.0. The van der Waals surface area contributed by atoms with E-state index in [9.17, 15) is 0 Å². The molecule has 0 amide bonds. The minimum atomic E-state index is 0.303. The van der Waals surface area contributed by atoms with Crippen molar-refractivity contribution in [2.75, 3.05) is 26.2 Å². The van der Waals surface area contributed by atoms with Gasteiger partial charge in [0.25, 0.3) is 0 Å². The summed E-state index contributed by atoms with van der Waals surface area (Å²) >= 11 is 0. The second kappa shape index (κ2) is 6.07. The molecular formula is C16H29N5. The van der Waals surface area contributed by atoms with E-state index >= 15 is 0 Å². The summed E-state index contributed by atoms with van der Waals surface area (Å²) in [5, 5.41) is 4.41.